The van der Waals surface area contributed by atoms with Crippen LogP contribution in [0.4, 0.5) is 0 Å². The van der Waals surface area contributed by atoms with Crippen LogP contribution in [0, 0.1) is 6.92 Å². The fourth-order valence-electron chi connectivity index (χ4n) is 2.48. The van der Waals surface area contributed by atoms with Crippen LogP contribution in [0.25, 0.3) is 0 Å². The Kier molecular flexibility index (Phi) is 4.21. The highest BCUT2D eigenvalue weighted by Gasteiger charge is 2.18. The molecule has 2 rings (SSSR count). The molecule has 2 nitrogen and oxygen atoms in total. The first kappa shape index (κ1) is 12.6. The minimum Gasteiger partial charge on any atom is -0.271 e. The third-order valence-corrected chi connectivity index (χ3v) is 3.64. The Morgan fingerprint density at radius 3 is 2.76 bits per heavy atom. The molecule has 0 saturated heterocycles. The SMILES string of the molecule is Cc1cc(Cl)ccc1C(NN)C1=CCCCC1. The second-order valence-electron chi connectivity index (χ2n) is 4.63. The summed E-state index contributed by atoms with van der Waals surface area (Å²) in [6.07, 6.45) is 7.18. The summed E-state index contributed by atoms with van der Waals surface area (Å²) in [4.78, 5) is 0. The fourth-order valence-corrected chi connectivity index (χ4v) is 2.71. The first-order valence-electron chi connectivity index (χ1n) is 6.13. The van der Waals surface area contributed by atoms with Gasteiger partial charge in [0.2, 0.25) is 0 Å². The molecule has 1 unspecified atom stereocenters. The smallest absolute Gasteiger partial charge is 0.0672 e. The third-order valence-electron chi connectivity index (χ3n) is 3.41. The molecule has 0 heterocycles. The molecule has 1 aromatic rings. The number of halogens is 1. The van der Waals surface area contributed by atoms with E-state index < -0.39 is 0 Å². The monoisotopic (exact) mass is 250 g/mol. The van der Waals surface area contributed by atoms with Gasteiger partial charge in [0.25, 0.3) is 0 Å². The van der Waals surface area contributed by atoms with E-state index in [9.17, 15) is 0 Å². The molecular formula is C14H19ClN2. The average Bonchev–Trinajstić information content (AvgIpc) is 2.34. The maximum Gasteiger partial charge on any atom is 0.0672 e. The topological polar surface area (TPSA) is 38.0 Å². The molecule has 0 fully saturated rings. The second kappa shape index (κ2) is 5.67. The van der Waals surface area contributed by atoms with Crippen molar-refractivity contribution < 1.29 is 0 Å². The van der Waals surface area contributed by atoms with Gasteiger partial charge in [0.15, 0.2) is 0 Å². The van der Waals surface area contributed by atoms with E-state index in [-0.39, 0.29) is 6.04 Å². The standard InChI is InChI=1S/C14H19ClN2/c1-10-9-12(15)7-8-13(10)14(17-16)11-5-3-2-4-6-11/h5,7-9,14,17H,2-4,6,16H2,1H3. The first-order chi connectivity index (χ1) is 8.22. The minimum atomic E-state index is 0.132. The molecule has 1 aliphatic rings. The number of benzene rings is 1. The highest BCUT2D eigenvalue weighted by molar-refractivity contribution is 6.30. The Bertz CT molecular complexity index is 426. The van der Waals surface area contributed by atoms with Crippen LogP contribution in [-0.4, -0.2) is 0 Å². The molecule has 0 saturated carbocycles. The molecule has 0 spiro atoms. The van der Waals surface area contributed by atoms with Crippen LogP contribution in [0.5, 0.6) is 0 Å². The van der Waals surface area contributed by atoms with E-state index >= 15 is 0 Å². The van der Waals surface area contributed by atoms with E-state index in [0.717, 1.165) is 11.4 Å². The Labute approximate surface area is 108 Å². The summed E-state index contributed by atoms with van der Waals surface area (Å²) in [6.45, 7) is 2.08. The van der Waals surface area contributed by atoms with Gasteiger partial charge in [-0.25, -0.2) is 5.43 Å². The number of nitrogens with two attached hydrogens (primary N) is 1. The van der Waals surface area contributed by atoms with Crippen molar-refractivity contribution >= 4 is 11.6 Å². The zero-order chi connectivity index (χ0) is 12.3. The highest BCUT2D eigenvalue weighted by Crippen LogP contribution is 2.31. The number of hydrazine groups is 1. The van der Waals surface area contributed by atoms with Crippen molar-refractivity contribution in [2.24, 2.45) is 5.84 Å². The number of rotatable bonds is 3. The second-order valence-corrected chi connectivity index (χ2v) is 5.06. The molecule has 3 heteroatoms. The summed E-state index contributed by atoms with van der Waals surface area (Å²) < 4.78 is 0. The zero-order valence-corrected chi connectivity index (χ0v) is 10.9. The van der Waals surface area contributed by atoms with E-state index in [1.54, 1.807) is 0 Å². The lowest BCUT2D eigenvalue weighted by molar-refractivity contribution is 0.564. The zero-order valence-electron chi connectivity index (χ0n) is 10.2. The van der Waals surface area contributed by atoms with Crippen molar-refractivity contribution in [1.82, 2.24) is 5.43 Å². The molecule has 0 radical (unpaired) electrons. The quantitative estimate of drug-likeness (QED) is 0.488. The highest BCUT2D eigenvalue weighted by atomic mass is 35.5. The minimum absolute atomic E-state index is 0.132. The molecule has 0 aromatic heterocycles. The Hall–Kier alpha value is -0.830. The normalized spacial score (nSPS) is 17.7. The van der Waals surface area contributed by atoms with E-state index in [4.69, 9.17) is 17.4 Å². The lowest BCUT2D eigenvalue weighted by Gasteiger charge is -2.24. The first-order valence-corrected chi connectivity index (χ1v) is 6.51. The van der Waals surface area contributed by atoms with Crippen LogP contribution < -0.4 is 11.3 Å². The summed E-state index contributed by atoms with van der Waals surface area (Å²) in [7, 11) is 0. The summed E-state index contributed by atoms with van der Waals surface area (Å²) in [6, 6.07) is 6.12. The van der Waals surface area contributed by atoms with Gasteiger partial charge in [-0.05, 0) is 55.9 Å². The van der Waals surface area contributed by atoms with Gasteiger partial charge in [0, 0.05) is 5.02 Å². The Morgan fingerprint density at radius 1 is 1.35 bits per heavy atom. The molecule has 0 bridgehead atoms. The van der Waals surface area contributed by atoms with Gasteiger partial charge in [-0.15, -0.1) is 0 Å². The van der Waals surface area contributed by atoms with Gasteiger partial charge in [-0.3, -0.25) is 5.84 Å². The van der Waals surface area contributed by atoms with Crippen LogP contribution in [0.2, 0.25) is 5.02 Å². The van der Waals surface area contributed by atoms with Crippen molar-refractivity contribution in [3.05, 3.63) is 46.0 Å². The van der Waals surface area contributed by atoms with E-state index in [1.807, 2.05) is 12.1 Å². The number of nitrogens with one attached hydrogen (secondary N) is 1. The summed E-state index contributed by atoms with van der Waals surface area (Å²) in [5.74, 6) is 5.72. The van der Waals surface area contributed by atoms with Gasteiger partial charge in [-0.2, -0.15) is 0 Å². The number of allylic oxidation sites excluding steroid dienone is 1. The van der Waals surface area contributed by atoms with Crippen molar-refractivity contribution in [2.75, 3.05) is 0 Å². The number of hydrogen-bond donors (Lipinski definition) is 2. The van der Waals surface area contributed by atoms with Crippen LogP contribution in [0.1, 0.15) is 42.9 Å². The summed E-state index contributed by atoms with van der Waals surface area (Å²) in [5, 5.41) is 0.777. The maximum atomic E-state index is 5.98. The van der Waals surface area contributed by atoms with Crippen molar-refractivity contribution in [1.29, 1.82) is 0 Å². The van der Waals surface area contributed by atoms with Crippen LogP contribution in [0.15, 0.2) is 29.8 Å². The van der Waals surface area contributed by atoms with Gasteiger partial charge in [0.1, 0.15) is 0 Å². The fraction of sp³-hybridized carbons (Fsp3) is 0.429. The third kappa shape index (κ3) is 2.89. The van der Waals surface area contributed by atoms with Crippen molar-refractivity contribution in [3.63, 3.8) is 0 Å². The molecule has 0 amide bonds. The van der Waals surface area contributed by atoms with E-state index in [2.05, 4.69) is 24.5 Å². The molecule has 92 valence electrons. The maximum absolute atomic E-state index is 5.98. The predicted octanol–water partition coefficient (Wildman–Crippen LogP) is 3.65. The average molecular weight is 251 g/mol. The van der Waals surface area contributed by atoms with Crippen LogP contribution in [0.3, 0.4) is 0 Å². The largest absolute Gasteiger partial charge is 0.271 e. The van der Waals surface area contributed by atoms with Gasteiger partial charge < -0.3 is 0 Å². The lowest BCUT2D eigenvalue weighted by atomic mass is 9.88. The Balaban J connectivity index is 2.31. The predicted molar refractivity (Wildman–Crippen MR) is 72.8 cm³/mol. The molecule has 3 N–H and O–H groups in total. The molecular weight excluding hydrogens is 232 g/mol. The van der Waals surface area contributed by atoms with Gasteiger partial charge in [-0.1, -0.05) is 29.3 Å². The van der Waals surface area contributed by atoms with Crippen LogP contribution >= 0.6 is 11.6 Å². The Morgan fingerprint density at radius 2 is 2.18 bits per heavy atom. The lowest BCUT2D eigenvalue weighted by Crippen LogP contribution is -2.30. The van der Waals surface area contributed by atoms with Gasteiger partial charge in [0.05, 0.1) is 6.04 Å². The van der Waals surface area contributed by atoms with Gasteiger partial charge >= 0.3 is 0 Å². The summed E-state index contributed by atoms with van der Waals surface area (Å²) in [5.41, 5.74) is 6.76. The van der Waals surface area contributed by atoms with Crippen LogP contribution in [-0.2, 0) is 0 Å². The molecule has 1 aliphatic carbocycles. The van der Waals surface area contributed by atoms with E-state index in [0.29, 0.717) is 0 Å². The molecule has 0 aliphatic heterocycles. The number of aryl methyl sites for hydroxylation is 1. The molecule has 1 atom stereocenters. The summed E-state index contributed by atoms with van der Waals surface area (Å²) >= 11 is 5.98. The molecule has 17 heavy (non-hydrogen) atoms. The molecule has 1 aromatic carbocycles. The van der Waals surface area contributed by atoms with Crippen molar-refractivity contribution in [3.8, 4) is 0 Å². The van der Waals surface area contributed by atoms with Crippen molar-refractivity contribution in [2.45, 2.75) is 38.6 Å². The number of hydrogen-bond acceptors (Lipinski definition) is 2. The van der Waals surface area contributed by atoms with E-state index in [1.165, 1.54) is 36.0 Å².